The molecule has 0 aromatic carbocycles. The molecule has 3 heterocycles. The molecule has 2 aliphatic rings. The third kappa shape index (κ3) is 5.81. The maximum absolute atomic E-state index is 12.6. The Morgan fingerprint density at radius 2 is 1.79 bits per heavy atom. The molecule has 2 N–H and O–H groups in total. The number of piperidine rings is 2. The summed E-state index contributed by atoms with van der Waals surface area (Å²) in [5.74, 6) is 1.14. The highest BCUT2D eigenvalue weighted by atomic mass is 32.2. The van der Waals surface area contributed by atoms with Crippen LogP contribution in [0.5, 0.6) is 0 Å². The Hall–Kier alpha value is -1.87. The molecule has 0 atom stereocenters. The van der Waals surface area contributed by atoms with E-state index in [1.54, 1.807) is 11.1 Å². The van der Waals surface area contributed by atoms with E-state index in [0.717, 1.165) is 31.7 Å². The Morgan fingerprint density at radius 1 is 1.11 bits per heavy atom. The highest BCUT2D eigenvalue weighted by Crippen LogP contribution is 2.18. The normalized spacial score (nSPS) is 19.6. The first-order chi connectivity index (χ1) is 13.5. The van der Waals surface area contributed by atoms with Gasteiger partial charge in [0.05, 0.1) is 5.75 Å². The number of sulfonamides is 1. The van der Waals surface area contributed by atoms with E-state index in [4.69, 9.17) is 0 Å². The summed E-state index contributed by atoms with van der Waals surface area (Å²) < 4.78 is 26.5. The fraction of sp³-hybridized carbons (Fsp3) is 0.684. The lowest BCUT2D eigenvalue weighted by atomic mass is 10.0. The maximum atomic E-state index is 12.6. The van der Waals surface area contributed by atoms with Crippen molar-refractivity contribution in [3.05, 3.63) is 24.4 Å². The number of amides is 2. The Morgan fingerprint density at radius 3 is 2.39 bits per heavy atom. The van der Waals surface area contributed by atoms with Gasteiger partial charge in [0.1, 0.15) is 5.82 Å². The van der Waals surface area contributed by atoms with Gasteiger partial charge in [0.25, 0.3) is 0 Å². The summed E-state index contributed by atoms with van der Waals surface area (Å²) >= 11 is 0. The van der Waals surface area contributed by atoms with E-state index in [-0.39, 0.29) is 23.9 Å². The van der Waals surface area contributed by atoms with Gasteiger partial charge in [-0.15, -0.1) is 0 Å². The number of hydrogen-bond donors (Lipinski definition) is 2. The molecule has 3 rings (SSSR count). The van der Waals surface area contributed by atoms with Crippen molar-refractivity contribution in [2.45, 2.75) is 51.1 Å². The molecule has 2 aliphatic heterocycles. The molecule has 156 valence electrons. The van der Waals surface area contributed by atoms with Gasteiger partial charge in [-0.25, -0.2) is 22.9 Å². The summed E-state index contributed by atoms with van der Waals surface area (Å²) in [5, 5.41) is 3.15. The molecule has 0 saturated carbocycles. The van der Waals surface area contributed by atoms with Crippen molar-refractivity contribution in [1.82, 2.24) is 19.9 Å². The fourth-order valence-corrected chi connectivity index (χ4v) is 5.24. The van der Waals surface area contributed by atoms with Crippen molar-refractivity contribution < 1.29 is 13.2 Å². The number of carbonyl (C=O) groups excluding carboxylic acids is 1. The minimum absolute atomic E-state index is 0.0360. The van der Waals surface area contributed by atoms with Crippen molar-refractivity contribution >= 4 is 21.9 Å². The van der Waals surface area contributed by atoms with Gasteiger partial charge in [-0.3, -0.25) is 0 Å². The SMILES string of the molecule is CCCS(=O)(=O)NC1CCN(C(=O)NC2CCN(c3ccccn3)CC2)CC1. The van der Waals surface area contributed by atoms with Gasteiger partial charge in [0.2, 0.25) is 10.0 Å². The number of hydrogen-bond acceptors (Lipinski definition) is 5. The highest BCUT2D eigenvalue weighted by Gasteiger charge is 2.28. The molecule has 1 aromatic rings. The number of urea groups is 1. The lowest BCUT2D eigenvalue weighted by molar-refractivity contribution is 0.174. The Bertz CT molecular complexity index is 727. The molecule has 0 radical (unpaired) electrons. The van der Waals surface area contributed by atoms with Gasteiger partial charge in [0.15, 0.2) is 0 Å². The van der Waals surface area contributed by atoms with Gasteiger partial charge in [-0.1, -0.05) is 13.0 Å². The quantitative estimate of drug-likeness (QED) is 0.743. The fourth-order valence-electron chi connectivity index (χ4n) is 3.84. The summed E-state index contributed by atoms with van der Waals surface area (Å²) in [4.78, 5) is 21.0. The van der Waals surface area contributed by atoms with E-state index in [0.29, 0.717) is 32.4 Å². The molecular formula is C19H31N5O3S. The number of aromatic nitrogens is 1. The van der Waals surface area contributed by atoms with Gasteiger partial charge in [-0.05, 0) is 44.2 Å². The van der Waals surface area contributed by atoms with Crippen LogP contribution in [0.3, 0.4) is 0 Å². The average Bonchev–Trinajstić information content (AvgIpc) is 2.69. The van der Waals surface area contributed by atoms with E-state index >= 15 is 0 Å². The second-order valence-corrected chi connectivity index (χ2v) is 9.47. The molecule has 0 aliphatic carbocycles. The van der Waals surface area contributed by atoms with Crippen LogP contribution in [0.4, 0.5) is 10.6 Å². The Kier molecular flexibility index (Phi) is 7.12. The lowest BCUT2D eigenvalue weighted by Gasteiger charge is -2.36. The zero-order valence-electron chi connectivity index (χ0n) is 16.5. The number of nitrogens with zero attached hydrogens (tertiary/aromatic N) is 3. The molecular weight excluding hydrogens is 378 g/mol. The van der Waals surface area contributed by atoms with Gasteiger partial charge in [-0.2, -0.15) is 0 Å². The number of anilines is 1. The summed E-state index contributed by atoms with van der Waals surface area (Å²) in [6.07, 6.45) is 5.53. The molecule has 8 nitrogen and oxygen atoms in total. The monoisotopic (exact) mass is 409 g/mol. The van der Waals surface area contributed by atoms with Crippen molar-refractivity contribution in [3.63, 3.8) is 0 Å². The predicted octanol–water partition coefficient (Wildman–Crippen LogP) is 1.55. The number of rotatable bonds is 6. The van der Waals surface area contributed by atoms with Crippen LogP contribution in [0.1, 0.15) is 39.0 Å². The molecule has 9 heteroatoms. The van der Waals surface area contributed by atoms with Crippen molar-refractivity contribution in [3.8, 4) is 0 Å². The molecule has 0 spiro atoms. The maximum Gasteiger partial charge on any atom is 0.317 e. The van der Waals surface area contributed by atoms with Crippen LogP contribution in [0.2, 0.25) is 0 Å². The van der Waals surface area contributed by atoms with E-state index in [1.165, 1.54) is 0 Å². The van der Waals surface area contributed by atoms with Crippen LogP contribution in [0.15, 0.2) is 24.4 Å². The van der Waals surface area contributed by atoms with E-state index < -0.39 is 10.0 Å². The first-order valence-electron chi connectivity index (χ1n) is 10.2. The van der Waals surface area contributed by atoms with Crippen LogP contribution < -0.4 is 14.9 Å². The van der Waals surface area contributed by atoms with Crippen LogP contribution in [-0.2, 0) is 10.0 Å². The first-order valence-corrected chi connectivity index (χ1v) is 11.8. The summed E-state index contributed by atoms with van der Waals surface area (Å²) in [7, 11) is -3.20. The smallest absolute Gasteiger partial charge is 0.317 e. The van der Waals surface area contributed by atoms with Crippen molar-refractivity contribution in [2.24, 2.45) is 0 Å². The minimum atomic E-state index is -3.20. The van der Waals surface area contributed by atoms with Gasteiger partial charge < -0.3 is 15.1 Å². The Labute approximate surface area is 167 Å². The zero-order chi connectivity index (χ0) is 20.0. The molecule has 0 unspecified atom stereocenters. The zero-order valence-corrected chi connectivity index (χ0v) is 17.3. The van der Waals surface area contributed by atoms with E-state index in [9.17, 15) is 13.2 Å². The first kappa shape index (κ1) is 20.9. The average molecular weight is 410 g/mol. The molecule has 1 aromatic heterocycles. The predicted molar refractivity (Wildman–Crippen MR) is 110 cm³/mol. The Balaban J connectivity index is 1.39. The lowest BCUT2D eigenvalue weighted by Crippen LogP contribution is -2.53. The summed E-state index contributed by atoms with van der Waals surface area (Å²) in [6.45, 7) is 4.77. The second-order valence-electron chi connectivity index (χ2n) is 7.60. The van der Waals surface area contributed by atoms with Crippen LogP contribution in [0, 0.1) is 0 Å². The van der Waals surface area contributed by atoms with Crippen LogP contribution >= 0.6 is 0 Å². The largest absolute Gasteiger partial charge is 0.356 e. The van der Waals surface area contributed by atoms with Crippen molar-refractivity contribution in [1.29, 1.82) is 0 Å². The van der Waals surface area contributed by atoms with Gasteiger partial charge in [0, 0.05) is 44.5 Å². The third-order valence-electron chi connectivity index (χ3n) is 5.40. The second kappa shape index (κ2) is 9.56. The number of carbonyl (C=O) groups is 1. The van der Waals surface area contributed by atoms with Crippen LogP contribution in [-0.4, -0.2) is 68.3 Å². The molecule has 0 bridgehead atoms. The number of pyridine rings is 1. The topological polar surface area (TPSA) is 94.6 Å². The molecule has 28 heavy (non-hydrogen) atoms. The van der Waals surface area contributed by atoms with Gasteiger partial charge >= 0.3 is 6.03 Å². The molecule has 2 fully saturated rings. The third-order valence-corrected chi connectivity index (χ3v) is 7.04. The standard InChI is InChI=1S/C19H31N5O3S/c1-2-15-28(26,27)22-17-8-13-24(14-9-17)19(25)21-16-6-11-23(12-7-16)18-5-3-4-10-20-18/h3-5,10,16-17,22H,2,6-9,11-15H2,1H3,(H,21,25). The minimum Gasteiger partial charge on any atom is -0.356 e. The summed E-state index contributed by atoms with van der Waals surface area (Å²) in [6, 6.07) is 5.98. The highest BCUT2D eigenvalue weighted by molar-refractivity contribution is 7.89. The van der Waals surface area contributed by atoms with E-state index in [2.05, 4.69) is 19.9 Å². The van der Waals surface area contributed by atoms with E-state index in [1.807, 2.05) is 25.1 Å². The molecule has 2 saturated heterocycles. The molecule has 2 amide bonds. The number of nitrogens with one attached hydrogen (secondary N) is 2. The van der Waals surface area contributed by atoms with Crippen LogP contribution in [0.25, 0.3) is 0 Å². The summed E-state index contributed by atoms with van der Waals surface area (Å²) in [5.41, 5.74) is 0. The number of likely N-dealkylation sites (tertiary alicyclic amines) is 1. The van der Waals surface area contributed by atoms with Crippen molar-refractivity contribution in [2.75, 3.05) is 36.8 Å².